The molecule has 0 fully saturated rings. The second-order valence-corrected chi connectivity index (χ2v) is 10.4. The number of hydrogen-bond acceptors (Lipinski definition) is 7. The molecule has 0 spiro atoms. The Labute approximate surface area is 196 Å². The number of aliphatic hydroxyl groups is 2. The SMILES string of the molecule is CCC(C)c1cc(C#N)c(F)c(C(C)C)c1NC(=O)NSc1sc(C(C)(C)O)nc1CO. The van der Waals surface area contributed by atoms with Crippen LogP contribution in [0, 0.1) is 17.1 Å². The number of carbonyl (C=O) groups is 1. The third-order valence-electron chi connectivity index (χ3n) is 4.98. The van der Waals surface area contributed by atoms with E-state index in [4.69, 9.17) is 0 Å². The maximum Gasteiger partial charge on any atom is 0.329 e. The van der Waals surface area contributed by atoms with Crippen molar-refractivity contribution in [2.24, 2.45) is 0 Å². The number of aromatic nitrogens is 1. The first-order valence-corrected chi connectivity index (χ1v) is 11.9. The van der Waals surface area contributed by atoms with Crippen molar-refractivity contribution in [3.63, 3.8) is 0 Å². The molecular formula is C22H29FN4O3S2. The molecule has 0 aliphatic rings. The third kappa shape index (κ3) is 5.78. The molecule has 0 saturated carbocycles. The molecule has 0 saturated heterocycles. The molecule has 0 radical (unpaired) electrons. The molecule has 0 aliphatic heterocycles. The third-order valence-corrected chi connectivity index (χ3v) is 7.40. The van der Waals surface area contributed by atoms with E-state index in [1.807, 2.05) is 19.9 Å². The minimum Gasteiger partial charge on any atom is -0.390 e. The molecule has 0 bridgehead atoms. The van der Waals surface area contributed by atoms with Crippen molar-refractivity contribution in [2.75, 3.05) is 5.32 Å². The summed E-state index contributed by atoms with van der Waals surface area (Å²) in [7, 11) is 0. The van der Waals surface area contributed by atoms with Gasteiger partial charge in [0.25, 0.3) is 0 Å². The highest BCUT2D eigenvalue weighted by molar-refractivity contribution is 7.99. The molecule has 2 aromatic rings. The lowest BCUT2D eigenvalue weighted by molar-refractivity contribution is 0.0779. The van der Waals surface area contributed by atoms with Crippen LogP contribution in [0.5, 0.6) is 0 Å². The lowest BCUT2D eigenvalue weighted by Crippen LogP contribution is -2.25. The summed E-state index contributed by atoms with van der Waals surface area (Å²) in [5, 5.41) is 32.2. The second-order valence-electron chi connectivity index (χ2n) is 8.32. The molecule has 32 heavy (non-hydrogen) atoms. The van der Waals surface area contributed by atoms with Crippen LogP contribution in [-0.2, 0) is 12.2 Å². The molecule has 7 nitrogen and oxygen atoms in total. The van der Waals surface area contributed by atoms with E-state index in [1.54, 1.807) is 27.7 Å². The molecule has 0 aliphatic carbocycles. The number of anilines is 1. The monoisotopic (exact) mass is 480 g/mol. The van der Waals surface area contributed by atoms with Gasteiger partial charge in [0.05, 0.1) is 23.6 Å². The van der Waals surface area contributed by atoms with E-state index in [0.29, 0.717) is 26.2 Å². The second kappa shape index (κ2) is 10.6. The number of hydrogen-bond donors (Lipinski definition) is 4. The van der Waals surface area contributed by atoms with Gasteiger partial charge in [-0.25, -0.2) is 14.2 Å². The number of aliphatic hydroxyl groups excluding tert-OH is 1. The van der Waals surface area contributed by atoms with Gasteiger partial charge in [-0.05, 0) is 43.7 Å². The molecule has 1 aromatic heterocycles. The molecule has 1 unspecified atom stereocenters. The summed E-state index contributed by atoms with van der Waals surface area (Å²) in [5.74, 6) is -0.886. The summed E-state index contributed by atoms with van der Waals surface area (Å²) in [6.45, 7) is 10.4. The summed E-state index contributed by atoms with van der Waals surface area (Å²) < 4.78 is 18.2. The van der Waals surface area contributed by atoms with Gasteiger partial charge in [-0.15, -0.1) is 11.3 Å². The van der Waals surface area contributed by atoms with Crippen LogP contribution in [0.2, 0.25) is 0 Å². The summed E-state index contributed by atoms with van der Waals surface area (Å²) in [5.41, 5.74) is 0.496. The molecule has 4 N–H and O–H groups in total. The van der Waals surface area contributed by atoms with Crippen molar-refractivity contribution in [1.29, 1.82) is 5.26 Å². The number of nitrogens with one attached hydrogen (secondary N) is 2. The zero-order valence-corrected chi connectivity index (χ0v) is 20.7. The van der Waals surface area contributed by atoms with Gasteiger partial charge in [0.15, 0.2) is 0 Å². The average molecular weight is 481 g/mol. The Bertz CT molecular complexity index is 1030. The molecule has 1 heterocycles. The Hall–Kier alpha value is -2.19. The van der Waals surface area contributed by atoms with Crippen LogP contribution in [-0.4, -0.2) is 21.2 Å². The molecule has 1 aromatic carbocycles. The lowest BCUT2D eigenvalue weighted by Gasteiger charge is -2.22. The highest BCUT2D eigenvalue weighted by atomic mass is 32.2. The van der Waals surface area contributed by atoms with Crippen LogP contribution in [0.15, 0.2) is 10.3 Å². The predicted molar refractivity (Wildman–Crippen MR) is 125 cm³/mol. The fourth-order valence-corrected chi connectivity index (χ4v) is 4.89. The number of rotatable bonds is 8. The van der Waals surface area contributed by atoms with Crippen molar-refractivity contribution in [2.45, 2.75) is 76.2 Å². The van der Waals surface area contributed by atoms with Crippen LogP contribution < -0.4 is 10.0 Å². The van der Waals surface area contributed by atoms with Gasteiger partial charge in [0.2, 0.25) is 0 Å². The molecule has 10 heteroatoms. The molecular weight excluding hydrogens is 451 g/mol. The Balaban J connectivity index is 2.35. The van der Waals surface area contributed by atoms with Crippen LogP contribution >= 0.6 is 23.3 Å². The topological polar surface area (TPSA) is 118 Å². The number of benzene rings is 1. The molecule has 1 atom stereocenters. The fourth-order valence-electron chi connectivity index (χ4n) is 3.08. The maximum atomic E-state index is 15.0. The van der Waals surface area contributed by atoms with Gasteiger partial charge in [-0.3, -0.25) is 4.72 Å². The van der Waals surface area contributed by atoms with Crippen LogP contribution in [0.1, 0.15) is 87.2 Å². The van der Waals surface area contributed by atoms with Gasteiger partial charge < -0.3 is 15.5 Å². The van der Waals surface area contributed by atoms with E-state index in [-0.39, 0.29) is 29.6 Å². The van der Waals surface area contributed by atoms with Crippen molar-refractivity contribution >= 4 is 35.0 Å². The summed E-state index contributed by atoms with van der Waals surface area (Å²) in [6.07, 6.45) is 0.750. The quantitative estimate of drug-likeness (QED) is 0.379. The molecule has 2 amide bonds. The standard InChI is InChI=1S/C22H29FN4O3S2/c1-7-12(4)14-8-13(9-24)17(23)16(11(2)3)18(14)26-21(29)27-32-19-15(10-28)25-20(31-19)22(5,6)30/h8,11-12,28,30H,7,10H2,1-6H3,(H2,26,27,29). The van der Waals surface area contributed by atoms with E-state index in [1.165, 1.54) is 17.4 Å². The first kappa shape index (κ1) is 26.1. The van der Waals surface area contributed by atoms with Crippen LogP contribution in [0.3, 0.4) is 0 Å². The number of carbonyl (C=O) groups excluding carboxylic acids is 1. The average Bonchev–Trinajstić information content (AvgIpc) is 3.15. The summed E-state index contributed by atoms with van der Waals surface area (Å²) in [6, 6.07) is 2.83. The number of halogens is 1. The molecule has 174 valence electrons. The normalized spacial score (nSPS) is 12.5. The highest BCUT2D eigenvalue weighted by Gasteiger charge is 2.26. The van der Waals surface area contributed by atoms with Crippen molar-refractivity contribution in [3.05, 3.63) is 39.3 Å². The zero-order chi connectivity index (χ0) is 24.2. The van der Waals surface area contributed by atoms with E-state index in [9.17, 15) is 24.7 Å². The van der Waals surface area contributed by atoms with E-state index < -0.39 is 17.4 Å². The van der Waals surface area contributed by atoms with Crippen molar-refractivity contribution in [3.8, 4) is 6.07 Å². The number of nitrogens with zero attached hydrogens (tertiary/aromatic N) is 2. The Morgan fingerprint density at radius 3 is 2.56 bits per heavy atom. The lowest BCUT2D eigenvalue weighted by atomic mass is 9.88. The van der Waals surface area contributed by atoms with Crippen LogP contribution in [0.4, 0.5) is 14.9 Å². The number of thiazole rings is 1. The largest absolute Gasteiger partial charge is 0.390 e. The Kier molecular flexibility index (Phi) is 8.65. The number of nitriles is 1. The van der Waals surface area contributed by atoms with Crippen molar-refractivity contribution < 1.29 is 19.4 Å². The first-order chi connectivity index (χ1) is 14.9. The predicted octanol–water partition coefficient (Wildman–Crippen LogP) is 5.34. The molecule has 2 rings (SSSR count). The van der Waals surface area contributed by atoms with Gasteiger partial charge in [-0.2, -0.15) is 5.26 Å². The van der Waals surface area contributed by atoms with Gasteiger partial charge >= 0.3 is 6.03 Å². The van der Waals surface area contributed by atoms with Gasteiger partial charge in [-0.1, -0.05) is 27.7 Å². The minimum atomic E-state index is -1.17. The van der Waals surface area contributed by atoms with E-state index >= 15 is 0 Å². The summed E-state index contributed by atoms with van der Waals surface area (Å²) >= 11 is 2.13. The summed E-state index contributed by atoms with van der Waals surface area (Å²) in [4.78, 5) is 17.0. The number of urea groups is 1. The maximum absolute atomic E-state index is 15.0. The minimum absolute atomic E-state index is 0.0000145. The van der Waals surface area contributed by atoms with Gasteiger partial charge in [0.1, 0.15) is 26.7 Å². The van der Waals surface area contributed by atoms with E-state index in [0.717, 1.165) is 18.4 Å². The van der Waals surface area contributed by atoms with Crippen molar-refractivity contribution in [1.82, 2.24) is 9.71 Å². The Morgan fingerprint density at radius 2 is 2.06 bits per heavy atom. The fraction of sp³-hybridized carbons (Fsp3) is 0.500. The first-order valence-electron chi connectivity index (χ1n) is 10.3. The number of amides is 2. The smallest absolute Gasteiger partial charge is 0.329 e. The van der Waals surface area contributed by atoms with Crippen LogP contribution in [0.25, 0.3) is 0 Å². The van der Waals surface area contributed by atoms with Gasteiger partial charge in [0, 0.05) is 17.5 Å². The zero-order valence-electron chi connectivity index (χ0n) is 19.0. The Morgan fingerprint density at radius 1 is 1.41 bits per heavy atom. The van der Waals surface area contributed by atoms with E-state index in [2.05, 4.69) is 15.0 Å². The highest BCUT2D eigenvalue weighted by Crippen LogP contribution is 2.38.